The first kappa shape index (κ1) is 19.0. The minimum absolute atomic E-state index is 0.0145. The highest BCUT2D eigenvalue weighted by molar-refractivity contribution is 5.87. The number of aryl methyl sites for hydroxylation is 1. The molecule has 0 aromatic carbocycles. The van der Waals surface area contributed by atoms with E-state index in [9.17, 15) is 14.4 Å². The molecule has 0 spiro atoms. The fraction of sp³-hybridized carbons (Fsp3) is 0.647. The lowest BCUT2D eigenvalue weighted by molar-refractivity contribution is -0.152. The van der Waals surface area contributed by atoms with Crippen LogP contribution in [0.3, 0.4) is 0 Å². The average Bonchev–Trinajstić information content (AvgIpc) is 2.99. The first-order valence-electron chi connectivity index (χ1n) is 8.67. The van der Waals surface area contributed by atoms with E-state index in [0.717, 1.165) is 5.56 Å². The molecule has 1 saturated heterocycles. The van der Waals surface area contributed by atoms with Crippen molar-refractivity contribution in [1.82, 2.24) is 19.6 Å². The molecule has 1 aliphatic heterocycles. The second kappa shape index (κ2) is 8.13. The summed E-state index contributed by atoms with van der Waals surface area (Å²) in [5.41, 5.74) is 0.808. The molecule has 1 aromatic rings. The van der Waals surface area contributed by atoms with Crippen molar-refractivity contribution in [2.75, 3.05) is 19.6 Å². The van der Waals surface area contributed by atoms with Gasteiger partial charge in [0.15, 0.2) is 0 Å². The Morgan fingerprint density at radius 2 is 2.12 bits per heavy atom. The first-order valence-corrected chi connectivity index (χ1v) is 8.67. The number of aromatic nitrogens is 2. The summed E-state index contributed by atoms with van der Waals surface area (Å²) in [5, 5.41) is 13.3. The van der Waals surface area contributed by atoms with Gasteiger partial charge in [-0.15, -0.1) is 0 Å². The number of carboxylic acid groups (broad SMARTS) is 1. The second-order valence-corrected chi connectivity index (χ2v) is 6.37. The lowest BCUT2D eigenvalue weighted by atomic mass is 9.84. The number of likely N-dealkylation sites (tertiary alicyclic amines) is 1. The van der Waals surface area contributed by atoms with Gasteiger partial charge in [0.05, 0.1) is 18.2 Å². The molecule has 2 unspecified atom stereocenters. The van der Waals surface area contributed by atoms with Crippen LogP contribution in [0.1, 0.15) is 44.7 Å². The van der Waals surface area contributed by atoms with Crippen LogP contribution in [0, 0.1) is 5.92 Å². The average molecular weight is 350 g/mol. The zero-order chi connectivity index (χ0) is 18.6. The molecule has 2 atom stereocenters. The van der Waals surface area contributed by atoms with E-state index in [1.807, 2.05) is 20.0 Å². The smallest absolute Gasteiger partial charge is 0.323 e. The summed E-state index contributed by atoms with van der Waals surface area (Å²) in [5.74, 6) is -1.67. The number of carboxylic acids is 1. The molecule has 1 aliphatic rings. The largest absolute Gasteiger partial charge is 0.480 e. The van der Waals surface area contributed by atoms with Crippen LogP contribution in [-0.4, -0.2) is 62.1 Å². The maximum absolute atomic E-state index is 13.1. The van der Waals surface area contributed by atoms with Gasteiger partial charge in [0.2, 0.25) is 11.8 Å². The van der Waals surface area contributed by atoms with Gasteiger partial charge in [0.1, 0.15) is 6.54 Å². The first-order chi connectivity index (χ1) is 11.9. The highest BCUT2D eigenvalue weighted by Crippen LogP contribution is 2.37. The Bertz CT molecular complexity index is 642. The summed E-state index contributed by atoms with van der Waals surface area (Å²) >= 11 is 0. The van der Waals surface area contributed by atoms with E-state index in [-0.39, 0.29) is 18.4 Å². The molecule has 1 N–H and O–H groups in total. The third-order valence-corrected chi connectivity index (χ3v) is 4.56. The Morgan fingerprint density at radius 3 is 2.64 bits per heavy atom. The predicted molar refractivity (Wildman–Crippen MR) is 90.6 cm³/mol. The van der Waals surface area contributed by atoms with E-state index < -0.39 is 17.9 Å². The number of aliphatic carboxylic acids is 1. The molecule has 0 saturated carbocycles. The normalized spacial score (nSPS) is 20.6. The van der Waals surface area contributed by atoms with Crippen molar-refractivity contribution in [3.63, 3.8) is 0 Å². The van der Waals surface area contributed by atoms with Crippen LogP contribution >= 0.6 is 0 Å². The van der Waals surface area contributed by atoms with Gasteiger partial charge in [-0.3, -0.25) is 19.1 Å². The fourth-order valence-corrected chi connectivity index (χ4v) is 3.52. The molecule has 2 rings (SSSR count). The summed E-state index contributed by atoms with van der Waals surface area (Å²) in [4.78, 5) is 39.6. The molecule has 25 heavy (non-hydrogen) atoms. The monoisotopic (exact) mass is 350 g/mol. The molecule has 8 nitrogen and oxygen atoms in total. The van der Waals surface area contributed by atoms with Crippen LogP contribution in [0.2, 0.25) is 0 Å². The van der Waals surface area contributed by atoms with Crippen molar-refractivity contribution >= 4 is 17.8 Å². The summed E-state index contributed by atoms with van der Waals surface area (Å²) in [6, 6.07) is -0.402. The highest BCUT2D eigenvalue weighted by atomic mass is 16.4. The minimum atomic E-state index is -1.03. The van der Waals surface area contributed by atoms with Crippen molar-refractivity contribution in [2.45, 2.75) is 39.2 Å². The van der Waals surface area contributed by atoms with Gasteiger partial charge in [0, 0.05) is 38.3 Å². The Balaban J connectivity index is 2.35. The number of carbonyl (C=O) groups is 3. The second-order valence-electron chi connectivity index (χ2n) is 6.37. The van der Waals surface area contributed by atoms with Gasteiger partial charge in [-0.1, -0.05) is 6.92 Å². The number of hydrogen-bond acceptors (Lipinski definition) is 4. The maximum Gasteiger partial charge on any atom is 0.323 e. The number of rotatable bonds is 7. The summed E-state index contributed by atoms with van der Waals surface area (Å²) < 4.78 is 1.64. The van der Waals surface area contributed by atoms with E-state index in [0.29, 0.717) is 32.4 Å². The molecule has 138 valence electrons. The molecule has 1 fully saturated rings. The fourth-order valence-electron chi connectivity index (χ4n) is 3.52. The molecule has 0 radical (unpaired) electrons. The third kappa shape index (κ3) is 4.18. The van der Waals surface area contributed by atoms with Crippen molar-refractivity contribution in [3.05, 3.63) is 18.0 Å². The topological polar surface area (TPSA) is 95.7 Å². The predicted octanol–water partition coefficient (Wildman–Crippen LogP) is 1.04. The van der Waals surface area contributed by atoms with Crippen LogP contribution in [0.15, 0.2) is 12.4 Å². The Hall–Kier alpha value is -2.38. The van der Waals surface area contributed by atoms with Crippen molar-refractivity contribution < 1.29 is 19.5 Å². The van der Waals surface area contributed by atoms with Gasteiger partial charge in [0.25, 0.3) is 0 Å². The van der Waals surface area contributed by atoms with Gasteiger partial charge in [-0.2, -0.15) is 5.10 Å². The Labute approximate surface area is 147 Å². The number of piperidine rings is 1. The minimum Gasteiger partial charge on any atom is -0.480 e. The highest BCUT2D eigenvalue weighted by Gasteiger charge is 2.42. The third-order valence-electron chi connectivity index (χ3n) is 4.56. The van der Waals surface area contributed by atoms with Crippen LogP contribution in [0.25, 0.3) is 0 Å². The number of amides is 2. The van der Waals surface area contributed by atoms with Gasteiger partial charge in [-0.05, 0) is 19.8 Å². The standard InChI is InChI=1S/C17H26N4O4/c1-4-8-20(11-15(23)24)17(25)13-6-7-14(22)21(5-2)16(13)12-9-18-19(3)10-12/h9-10,13,16H,4-8,11H2,1-3H3,(H,23,24). The Kier molecular flexibility index (Phi) is 6.17. The molecule has 0 aliphatic carbocycles. The zero-order valence-corrected chi connectivity index (χ0v) is 15.0. The summed E-state index contributed by atoms with van der Waals surface area (Å²) in [6.45, 7) is 4.36. The van der Waals surface area contributed by atoms with E-state index in [4.69, 9.17) is 5.11 Å². The van der Waals surface area contributed by atoms with Crippen molar-refractivity contribution in [3.8, 4) is 0 Å². The summed E-state index contributed by atoms with van der Waals surface area (Å²) in [7, 11) is 1.79. The van der Waals surface area contributed by atoms with Crippen LogP contribution in [-0.2, 0) is 21.4 Å². The molecule has 2 heterocycles. The van der Waals surface area contributed by atoms with Gasteiger partial charge < -0.3 is 14.9 Å². The quantitative estimate of drug-likeness (QED) is 0.793. The van der Waals surface area contributed by atoms with Crippen LogP contribution in [0.4, 0.5) is 0 Å². The SMILES string of the molecule is CCCN(CC(=O)O)C(=O)C1CCC(=O)N(CC)C1c1cnn(C)c1. The zero-order valence-electron chi connectivity index (χ0n) is 15.0. The number of carbonyl (C=O) groups excluding carboxylic acids is 2. The van der Waals surface area contributed by atoms with Crippen molar-refractivity contribution in [1.29, 1.82) is 0 Å². The van der Waals surface area contributed by atoms with Crippen molar-refractivity contribution in [2.24, 2.45) is 13.0 Å². The van der Waals surface area contributed by atoms with E-state index >= 15 is 0 Å². The van der Waals surface area contributed by atoms with E-state index in [2.05, 4.69) is 5.10 Å². The number of nitrogens with zero attached hydrogens (tertiary/aromatic N) is 4. The molecule has 8 heteroatoms. The lowest BCUT2D eigenvalue weighted by Gasteiger charge is -2.41. The molecular weight excluding hydrogens is 324 g/mol. The molecular formula is C17H26N4O4. The van der Waals surface area contributed by atoms with Gasteiger partial charge >= 0.3 is 5.97 Å². The van der Waals surface area contributed by atoms with Crippen LogP contribution in [0.5, 0.6) is 0 Å². The van der Waals surface area contributed by atoms with Gasteiger partial charge in [-0.25, -0.2) is 0 Å². The summed E-state index contributed by atoms with van der Waals surface area (Å²) in [6.07, 6.45) is 4.89. The van der Waals surface area contributed by atoms with Crippen LogP contribution < -0.4 is 0 Å². The molecule has 1 aromatic heterocycles. The molecule has 2 amide bonds. The maximum atomic E-state index is 13.1. The Morgan fingerprint density at radius 1 is 1.40 bits per heavy atom. The van der Waals surface area contributed by atoms with E-state index in [1.54, 1.807) is 22.8 Å². The molecule has 0 bridgehead atoms. The number of hydrogen-bond donors (Lipinski definition) is 1. The van der Waals surface area contributed by atoms with E-state index in [1.165, 1.54) is 4.90 Å². The lowest BCUT2D eigenvalue weighted by Crippen LogP contribution is -2.50.